The van der Waals surface area contributed by atoms with Crippen LogP contribution in [0.15, 0.2) is 42.6 Å². The molecular weight excluding hydrogens is 234 g/mol. The lowest BCUT2D eigenvalue weighted by Gasteiger charge is -2.21. The molecule has 3 nitrogen and oxygen atoms in total. The molecule has 0 aliphatic rings. The third kappa shape index (κ3) is 2.93. The number of benzene rings is 1. The molecule has 0 spiro atoms. The van der Waals surface area contributed by atoms with Gasteiger partial charge in [0.15, 0.2) is 0 Å². The maximum absolute atomic E-state index is 6.05. The van der Waals surface area contributed by atoms with Crippen molar-refractivity contribution in [2.45, 2.75) is 26.3 Å². The summed E-state index contributed by atoms with van der Waals surface area (Å²) in [5, 5.41) is 0. The molecule has 0 amide bonds. The van der Waals surface area contributed by atoms with E-state index in [0.717, 1.165) is 29.1 Å². The van der Waals surface area contributed by atoms with Crippen LogP contribution in [0.3, 0.4) is 0 Å². The first kappa shape index (κ1) is 13.6. The SMILES string of the molecule is CCC(N)c1cnc(N(C)c2ccccc2)c(C)c1. The highest BCUT2D eigenvalue weighted by Gasteiger charge is 2.11. The Bertz CT molecular complexity index is 537. The first-order valence-electron chi connectivity index (χ1n) is 6.64. The minimum absolute atomic E-state index is 0.0716. The molecule has 0 fully saturated rings. The van der Waals surface area contributed by atoms with Gasteiger partial charge in [0.2, 0.25) is 0 Å². The molecule has 2 aromatic rings. The molecule has 1 aromatic heterocycles. The van der Waals surface area contributed by atoms with Crippen LogP contribution in [0.2, 0.25) is 0 Å². The second kappa shape index (κ2) is 5.85. The Hall–Kier alpha value is -1.87. The van der Waals surface area contributed by atoms with Gasteiger partial charge in [-0.3, -0.25) is 0 Å². The Morgan fingerprint density at radius 1 is 1.26 bits per heavy atom. The van der Waals surface area contributed by atoms with E-state index in [4.69, 9.17) is 5.73 Å². The third-order valence-corrected chi connectivity index (χ3v) is 3.40. The number of hydrogen-bond donors (Lipinski definition) is 1. The second-order valence-corrected chi connectivity index (χ2v) is 4.82. The summed E-state index contributed by atoms with van der Waals surface area (Å²) in [7, 11) is 2.03. The Kier molecular flexibility index (Phi) is 4.17. The fourth-order valence-corrected chi connectivity index (χ4v) is 2.15. The molecule has 1 aromatic carbocycles. The van der Waals surface area contributed by atoms with Crippen LogP contribution in [0.4, 0.5) is 11.5 Å². The Balaban J connectivity index is 2.31. The highest BCUT2D eigenvalue weighted by atomic mass is 15.2. The molecule has 3 heteroatoms. The maximum Gasteiger partial charge on any atom is 0.135 e. The zero-order valence-corrected chi connectivity index (χ0v) is 11.8. The van der Waals surface area contributed by atoms with Crippen LogP contribution in [0.5, 0.6) is 0 Å². The average molecular weight is 255 g/mol. The minimum Gasteiger partial charge on any atom is -0.329 e. The van der Waals surface area contributed by atoms with Gasteiger partial charge in [-0.25, -0.2) is 4.98 Å². The molecular formula is C16H21N3. The van der Waals surface area contributed by atoms with Gasteiger partial charge in [0.25, 0.3) is 0 Å². The molecule has 1 atom stereocenters. The van der Waals surface area contributed by atoms with Gasteiger partial charge in [-0.05, 0) is 42.7 Å². The number of anilines is 2. The van der Waals surface area contributed by atoms with Crippen molar-refractivity contribution in [1.29, 1.82) is 0 Å². The van der Waals surface area contributed by atoms with E-state index in [-0.39, 0.29) is 6.04 Å². The molecule has 1 unspecified atom stereocenters. The summed E-state index contributed by atoms with van der Waals surface area (Å²) in [5.74, 6) is 0.971. The molecule has 0 radical (unpaired) electrons. The van der Waals surface area contributed by atoms with Crippen molar-refractivity contribution in [3.63, 3.8) is 0 Å². The van der Waals surface area contributed by atoms with Crippen molar-refractivity contribution in [2.75, 3.05) is 11.9 Å². The van der Waals surface area contributed by atoms with E-state index in [0.29, 0.717) is 0 Å². The van der Waals surface area contributed by atoms with Crippen molar-refractivity contribution in [1.82, 2.24) is 4.98 Å². The van der Waals surface area contributed by atoms with Crippen LogP contribution < -0.4 is 10.6 Å². The Morgan fingerprint density at radius 2 is 1.95 bits per heavy atom. The zero-order chi connectivity index (χ0) is 13.8. The zero-order valence-electron chi connectivity index (χ0n) is 11.8. The van der Waals surface area contributed by atoms with E-state index in [1.54, 1.807) is 0 Å². The lowest BCUT2D eigenvalue weighted by atomic mass is 10.1. The maximum atomic E-state index is 6.05. The van der Waals surface area contributed by atoms with Crippen LogP contribution in [0.25, 0.3) is 0 Å². The molecule has 0 saturated heterocycles. The van der Waals surface area contributed by atoms with E-state index in [1.807, 2.05) is 31.4 Å². The number of rotatable bonds is 4. The summed E-state index contributed by atoms with van der Waals surface area (Å²) in [5.41, 5.74) is 9.43. The fraction of sp³-hybridized carbons (Fsp3) is 0.312. The van der Waals surface area contributed by atoms with E-state index in [2.05, 4.69) is 41.9 Å². The lowest BCUT2D eigenvalue weighted by molar-refractivity contribution is 0.694. The van der Waals surface area contributed by atoms with Gasteiger partial charge in [-0.2, -0.15) is 0 Å². The second-order valence-electron chi connectivity index (χ2n) is 4.82. The number of nitrogens with two attached hydrogens (primary N) is 1. The van der Waals surface area contributed by atoms with Crippen molar-refractivity contribution in [3.8, 4) is 0 Å². The van der Waals surface area contributed by atoms with Gasteiger partial charge >= 0.3 is 0 Å². The summed E-state index contributed by atoms with van der Waals surface area (Å²) in [4.78, 5) is 6.66. The van der Waals surface area contributed by atoms with E-state index in [1.165, 1.54) is 0 Å². The van der Waals surface area contributed by atoms with Gasteiger partial charge < -0.3 is 10.6 Å². The quantitative estimate of drug-likeness (QED) is 0.908. The minimum atomic E-state index is 0.0716. The highest BCUT2D eigenvalue weighted by molar-refractivity contribution is 5.61. The van der Waals surface area contributed by atoms with Gasteiger partial charge in [-0.1, -0.05) is 25.1 Å². The number of pyridine rings is 1. The van der Waals surface area contributed by atoms with Gasteiger partial charge in [-0.15, -0.1) is 0 Å². The smallest absolute Gasteiger partial charge is 0.135 e. The first-order valence-corrected chi connectivity index (χ1v) is 6.64. The van der Waals surface area contributed by atoms with E-state index in [9.17, 15) is 0 Å². The number of aryl methyl sites for hydroxylation is 1. The predicted molar refractivity (Wildman–Crippen MR) is 80.7 cm³/mol. The Labute approximate surface area is 115 Å². The molecule has 1 heterocycles. The number of hydrogen-bond acceptors (Lipinski definition) is 3. The largest absolute Gasteiger partial charge is 0.329 e. The van der Waals surface area contributed by atoms with Gasteiger partial charge in [0.1, 0.15) is 5.82 Å². The molecule has 100 valence electrons. The first-order chi connectivity index (χ1) is 9.13. The summed E-state index contributed by atoms with van der Waals surface area (Å²) in [6.45, 7) is 4.16. The van der Waals surface area contributed by atoms with Gasteiger partial charge in [0, 0.05) is 25.0 Å². The molecule has 2 N–H and O–H groups in total. The molecule has 0 aliphatic heterocycles. The van der Waals surface area contributed by atoms with Crippen molar-refractivity contribution >= 4 is 11.5 Å². The van der Waals surface area contributed by atoms with Crippen LogP contribution in [0.1, 0.15) is 30.5 Å². The molecule has 19 heavy (non-hydrogen) atoms. The number of aromatic nitrogens is 1. The van der Waals surface area contributed by atoms with Crippen molar-refractivity contribution in [3.05, 3.63) is 53.7 Å². The van der Waals surface area contributed by atoms with Crippen LogP contribution in [0, 0.1) is 6.92 Å². The van der Waals surface area contributed by atoms with Crippen molar-refractivity contribution in [2.24, 2.45) is 5.73 Å². The number of para-hydroxylation sites is 1. The molecule has 0 saturated carbocycles. The normalized spacial score (nSPS) is 12.2. The summed E-state index contributed by atoms with van der Waals surface area (Å²) in [6.07, 6.45) is 2.81. The molecule has 2 rings (SSSR count). The third-order valence-electron chi connectivity index (χ3n) is 3.40. The summed E-state index contributed by atoms with van der Waals surface area (Å²) in [6, 6.07) is 12.4. The van der Waals surface area contributed by atoms with Crippen LogP contribution in [-0.4, -0.2) is 12.0 Å². The van der Waals surface area contributed by atoms with Crippen molar-refractivity contribution < 1.29 is 0 Å². The standard InChI is InChI=1S/C16H21N3/c1-4-15(17)13-10-12(2)16(18-11-13)19(3)14-8-6-5-7-9-14/h5-11,15H,4,17H2,1-3H3. The molecule has 0 aliphatic carbocycles. The summed E-state index contributed by atoms with van der Waals surface area (Å²) < 4.78 is 0. The van der Waals surface area contributed by atoms with E-state index < -0.39 is 0 Å². The average Bonchev–Trinajstić information content (AvgIpc) is 2.46. The fourth-order valence-electron chi connectivity index (χ4n) is 2.15. The van der Waals surface area contributed by atoms with Gasteiger partial charge in [0.05, 0.1) is 0 Å². The predicted octanol–water partition coefficient (Wildman–Crippen LogP) is 3.57. The molecule has 0 bridgehead atoms. The lowest BCUT2D eigenvalue weighted by Crippen LogP contribution is -2.15. The monoisotopic (exact) mass is 255 g/mol. The summed E-state index contributed by atoms with van der Waals surface area (Å²) >= 11 is 0. The Morgan fingerprint density at radius 3 is 2.53 bits per heavy atom. The van der Waals surface area contributed by atoms with Crippen LogP contribution >= 0.6 is 0 Å². The number of nitrogens with zero attached hydrogens (tertiary/aromatic N) is 2. The van der Waals surface area contributed by atoms with E-state index >= 15 is 0 Å². The topological polar surface area (TPSA) is 42.1 Å². The van der Waals surface area contributed by atoms with Crippen LogP contribution in [-0.2, 0) is 0 Å². The highest BCUT2D eigenvalue weighted by Crippen LogP contribution is 2.26.